The van der Waals surface area contributed by atoms with Crippen molar-refractivity contribution >= 4 is 11.6 Å². The molecule has 2 nitrogen and oxygen atoms in total. The van der Waals surface area contributed by atoms with Gasteiger partial charge in [-0.05, 0) is 43.2 Å². The second kappa shape index (κ2) is 4.34. The molecule has 2 bridgehead atoms. The van der Waals surface area contributed by atoms with Gasteiger partial charge in [0.25, 0.3) is 0 Å². The molecule has 1 aromatic rings. The zero-order valence-electron chi connectivity index (χ0n) is 9.96. The lowest BCUT2D eigenvalue weighted by atomic mass is 9.88. The maximum absolute atomic E-state index is 13.4. The van der Waals surface area contributed by atoms with Crippen molar-refractivity contribution in [3.8, 4) is 0 Å². The number of halogens is 2. The van der Waals surface area contributed by atoms with Crippen LogP contribution in [0.15, 0.2) is 18.2 Å². The van der Waals surface area contributed by atoms with E-state index in [1.165, 1.54) is 12.5 Å². The van der Waals surface area contributed by atoms with E-state index in [1.54, 1.807) is 0 Å². The van der Waals surface area contributed by atoms with E-state index in [0.717, 1.165) is 31.4 Å². The molecule has 2 fully saturated rings. The Morgan fingerprint density at radius 1 is 1.17 bits per heavy atom. The molecule has 0 heterocycles. The maximum Gasteiger partial charge on any atom is 0.227 e. The monoisotopic (exact) mass is 251 g/mol. The third-order valence-corrected chi connectivity index (χ3v) is 4.29. The molecule has 0 aromatic heterocycles. The molecule has 3 unspecified atom stereocenters. The summed E-state index contributed by atoms with van der Waals surface area (Å²) in [4.78, 5) is 12.1. The molecule has 0 aliphatic heterocycles. The highest BCUT2D eigenvalue weighted by atomic mass is 19.1. The Balaban J connectivity index is 1.75. The molecule has 2 aliphatic carbocycles. The average Bonchev–Trinajstić information content (AvgIpc) is 2.96. The van der Waals surface area contributed by atoms with Crippen LogP contribution in [-0.4, -0.2) is 5.91 Å². The zero-order valence-corrected chi connectivity index (χ0v) is 9.96. The Kier molecular flexibility index (Phi) is 2.80. The van der Waals surface area contributed by atoms with E-state index in [0.29, 0.717) is 11.8 Å². The van der Waals surface area contributed by atoms with Gasteiger partial charge >= 0.3 is 0 Å². The summed E-state index contributed by atoms with van der Waals surface area (Å²) < 4.78 is 26.9. The number of para-hydroxylation sites is 1. The van der Waals surface area contributed by atoms with Gasteiger partial charge in [0.05, 0.1) is 0 Å². The average molecular weight is 251 g/mol. The first-order valence-corrected chi connectivity index (χ1v) is 6.40. The Bertz CT molecular complexity index is 468. The third-order valence-electron chi connectivity index (χ3n) is 4.29. The summed E-state index contributed by atoms with van der Waals surface area (Å²) in [5.74, 6) is -0.687. The van der Waals surface area contributed by atoms with Gasteiger partial charge in [-0.1, -0.05) is 12.5 Å². The normalized spacial score (nSPS) is 29.6. The van der Waals surface area contributed by atoms with Crippen LogP contribution < -0.4 is 5.32 Å². The fraction of sp³-hybridized carbons (Fsp3) is 0.500. The molecule has 2 saturated carbocycles. The van der Waals surface area contributed by atoms with Gasteiger partial charge in [0.2, 0.25) is 5.91 Å². The first-order valence-electron chi connectivity index (χ1n) is 6.40. The van der Waals surface area contributed by atoms with Crippen molar-refractivity contribution in [2.24, 2.45) is 17.8 Å². The highest BCUT2D eigenvalue weighted by Gasteiger charge is 2.43. The molecule has 1 aromatic carbocycles. The Morgan fingerprint density at radius 3 is 2.44 bits per heavy atom. The molecular formula is C14H15F2NO. The van der Waals surface area contributed by atoms with Crippen LogP contribution in [0.3, 0.4) is 0 Å². The molecule has 2 aliphatic rings. The number of hydrogen-bond acceptors (Lipinski definition) is 1. The molecule has 4 heteroatoms. The van der Waals surface area contributed by atoms with Crippen LogP contribution in [0.1, 0.15) is 25.7 Å². The molecule has 0 saturated heterocycles. The van der Waals surface area contributed by atoms with E-state index in [2.05, 4.69) is 5.32 Å². The van der Waals surface area contributed by atoms with Crippen LogP contribution >= 0.6 is 0 Å². The van der Waals surface area contributed by atoms with E-state index >= 15 is 0 Å². The largest absolute Gasteiger partial charge is 0.321 e. The maximum atomic E-state index is 13.4. The predicted octanol–water partition coefficient (Wildman–Crippen LogP) is 3.34. The second-order valence-corrected chi connectivity index (χ2v) is 5.37. The van der Waals surface area contributed by atoms with Gasteiger partial charge in [-0.25, -0.2) is 8.78 Å². The second-order valence-electron chi connectivity index (χ2n) is 5.37. The van der Waals surface area contributed by atoms with Crippen LogP contribution in [0.4, 0.5) is 14.5 Å². The lowest BCUT2D eigenvalue weighted by Gasteiger charge is -2.21. The summed E-state index contributed by atoms with van der Waals surface area (Å²) >= 11 is 0. The SMILES string of the molecule is O=C(Nc1c(F)cccc1F)C1CC2CCC1C2. The number of carbonyl (C=O) groups excluding carboxylic acids is 1. The molecule has 96 valence electrons. The van der Waals surface area contributed by atoms with Crippen LogP contribution in [0.2, 0.25) is 0 Å². The molecule has 18 heavy (non-hydrogen) atoms. The standard InChI is InChI=1S/C14H15F2NO/c15-11-2-1-3-12(16)13(11)17-14(18)10-7-8-4-5-9(10)6-8/h1-3,8-10H,4-7H2,(H,17,18). The summed E-state index contributed by atoms with van der Waals surface area (Å²) in [6.07, 6.45) is 4.23. The van der Waals surface area contributed by atoms with Gasteiger partial charge in [-0.2, -0.15) is 0 Å². The molecule has 3 atom stereocenters. The van der Waals surface area contributed by atoms with Crippen LogP contribution in [0, 0.1) is 29.4 Å². The molecule has 1 N–H and O–H groups in total. The van der Waals surface area contributed by atoms with Gasteiger partial charge < -0.3 is 5.32 Å². The molecule has 1 amide bonds. The molecule has 0 spiro atoms. The first kappa shape index (κ1) is 11.6. The van der Waals surface area contributed by atoms with Gasteiger partial charge in [0.1, 0.15) is 17.3 Å². The van der Waals surface area contributed by atoms with Crippen LogP contribution in [0.5, 0.6) is 0 Å². The van der Waals surface area contributed by atoms with Crippen molar-refractivity contribution in [1.82, 2.24) is 0 Å². The van der Waals surface area contributed by atoms with Gasteiger partial charge in [0.15, 0.2) is 0 Å². The van der Waals surface area contributed by atoms with Crippen LogP contribution in [-0.2, 0) is 4.79 Å². The smallest absolute Gasteiger partial charge is 0.227 e. The van der Waals surface area contributed by atoms with E-state index in [4.69, 9.17) is 0 Å². The predicted molar refractivity (Wildman–Crippen MR) is 63.9 cm³/mol. The molecule has 3 rings (SSSR count). The minimum Gasteiger partial charge on any atom is -0.321 e. The van der Waals surface area contributed by atoms with E-state index in [1.807, 2.05) is 0 Å². The Labute approximate surface area is 104 Å². The van der Waals surface area contributed by atoms with Crippen molar-refractivity contribution in [2.45, 2.75) is 25.7 Å². The minimum absolute atomic E-state index is 0.0669. The summed E-state index contributed by atoms with van der Waals surface area (Å²) in [5, 5.41) is 2.42. The number of anilines is 1. The van der Waals surface area contributed by atoms with Crippen molar-refractivity contribution in [3.05, 3.63) is 29.8 Å². The number of rotatable bonds is 2. The number of amides is 1. The summed E-state index contributed by atoms with van der Waals surface area (Å²) in [6, 6.07) is 3.59. The number of carbonyl (C=O) groups is 1. The minimum atomic E-state index is -0.716. The van der Waals surface area contributed by atoms with E-state index < -0.39 is 11.6 Å². The fourth-order valence-electron chi connectivity index (χ4n) is 3.40. The summed E-state index contributed by atoms with van der Waals surface area (Å²) in [6.45, 7) is 0. The van der Waals surface area contributed by atoms with Crippen molar-refractivity contribution in [3.63, 3.8) is 0 Å². The number of hydrogen-bond donors (Lipinski definition) is 1. The third kappa shape index (κ3) is 1.89. The summed E-state index contributed by atoms with van der Waals surface area (Å²) in [5.41, 5.74) is -0.315. The Morgan fingerprint density at radius 2 is 1.89 bits per heavy atom. The van der Waals surface area contributed by atoms with Crippen molar-refractivity contribution in [1.29, 1.82) is 0 Å². The highest BCUT2D eigenvalue weighted by molar-refractivity contribution is 5.93. The van der Waals surface area contributed by atoms with Crippen LogP contribution in [0.25, 0.3) is 0 Å². The lowest BCUT2D eigenvalue weighted by molar-refractivity contribution is -0.121. The Hall–Kier alpha value is -1.45. The van der Waals surface area contributed by atoms with Gasteiger partial charge in [0, 0.05) is 5.92 Å². The quantitative estimate of drug-likeness (QED) is 0.858. The van der Waals surface area contributed by atoms with Gasteiger partial charge in [-0.3, -0.25) is 4.79 Å². The van der Waals surface area contributed by atoms with Crippen molar-refractivity contribution < 1.29 is 13.6 Å². The zero-order chi connectivity index (χ0) is 12.7. The fourth-order valence-corrected chi connectivity index (χ4v) is 3.40. The number of nitrogens with one attached hydrogen (secondary N) is 1. The lowest BCUT2D eigenvalue weighted by Crippen LogP contribution is -2.28. The first-order chi connectivity index (χ1) is 8.65. The van der Waals surface area contributed by atoms with E-state index in [9.17, 15) is 13.6 Å². The molecular weight excluding hydrogens is 236 g/mol. The van der Waals surface area contributed by atoms with Gasteiger partial charge in [-0.15, -0.1) is 0 Å². The number of fused-ring (bicyclic) bond motifs is 2. The number of benzene rings is 1. The topological polar surface area (TPSA) is 29.1 Å². The van der Waals surface area contributed by atoms with Crippen molar-refractivity contribution in [2.75, 3.05) is 5.32 Å². The van der Waals surface area contributed by atoms with E-state index in [-0.39, 0.29) is 17.5 Å². The summed E-state index contributed by atoms with van der Waals surface area (Å²) in [7, 11) is 0. The highest BCUT2D eigenvalue weighted by Crippen LogP contribution is 2.48. The molecule has 0 radical (unpaired) electrons.